The first-order valence-corrected chi connectivity index (χ1v) is 9.34. The number of rotatable bonds is 4. The maximum absolute atomic E-state index is 6.20. The summed E-state index contributed by atoms with van der Waals surface area (Å²) < 4.78 is 2.22. The maximum atomic E-state index is 6.20. The summed E-state index contributed by atoms with van der Waals surface area (Å²) in [5.41, 5.74) is 9.91. The monoisotopic (exact) mass is 403 g/mol. The highest BCUT2D eigenvalue weighted by Crippen LogP contribution is 2.34. The summed E-state index contributed by atoms with van der Waals surface area (Å²) in [6.07, 6.45) is 0. The van der Waals surface area contributed by atoms with Gasteiger partial charge >= 0.3 is 0 Å². The number of aromatic nitrogens is 1. The van der Waals surface area contributed by atoms with Crippen molar-refractivity contribution < 1.29 is 0 Å². The number of hydrogen-bond acceptors (Lipinski definition) is 2. The van der Waals surface area contributed by atoms with Gasteiger partial charge in [0, 0.05) is 45.8 Å². The number of nitrogens with zero attached hydrogens (tertiary/aromatic N) is 1. The molecule has 0 fully saturated rings. The molecular formula is C20H16Cl3N3. The van der Waals surface area contributed by atoms with Gasteiger partial charge in [0.1, 0.15) is 0 Å². The number of halogens is 3. The van der Waals surface area contributed by atoms with Crippen molar-refractivity contribution in [2.75, 3.05) is 11.9 Å². The normalized spacial score (nSPS) is 11.4. The molecule has 4 rings (SSSR count). The summed E-state index contributed by atoms with van der Waals surface area (Å²) in [6, 6.07) is 17.7. The lowest BCUT2D eigenvalue weighted by molar-refractivity contribution is 0.758. The molecule has 0 amide bonds. The SMILES string of the molecule is NCCn1c2ccc(Cl)cc2c2ccc(Nc3ccc(Cl)c(Cl)c3)cc21. The predicted molar refractivity (Wildman–Crippen MR) is 113 cm³/mol. The Kier molecular flexibility index (Phi) is 4.72. The molecule has 0 aliphatic carbocycles. The molecule has 6 heteroatoms. The molecule has 3 aromatic carbocycles. The van der Waals surface area contributed by atoms with Gasteiger partial charge in [0.05, 0.1) is 15.6 Å². The van der Waals surface area contributed by atoms with Gasteiger partial charge < -0.3 is 15.6 Å². The van der Waals surface area contributed by atoms with E-state index in [0.717, 1.165) is 44.7 Å². The highest BCUT2D eigenvalue weighted by Gasteiger charge is 2.11. The van der Waals surface area contributed by atoms with E-state index in [0.29, 0.717) is 16.6 Å². The van der Waals surface area contributed by atoms with Crippen LogP contribution < -0.4 is 11.1 Å². The van der Waals surface area contributed by atoms with Crippen molar-refractivity contribution in [3.63, 3.8) is 0 Å². The van der Waals surface area contributed by atoms with Gasteiger partial charge in [-0.05, 0) is 48.5 Å². The van der Waals surface area contributed by atoms with E-state index in [9.17, 15) is 0 Å². The largest absolute Gasteiger partial charge is 0.355 e. The second-order valence-corrected chi connectivity index (χ2v) is 7.34. The number of nitrogens with one attached hydrogen (secondary N) is 1. The van der Waals surface area contributed by atoms with Crippen LogP contribution in [0.5, 0.6) is 0 Å². The molecule has 26 heavy (non-hydrogen) atoms. The Bertz CT molecular complexity index is 1120. The summed E-state index contributed by atoms with van der Waals surface area (Å²) in [5.74, 6) is 0. The van der Waals surface area contributed by atoms with Crippen LogP contribution in [0.4, 0.5) is 11.4 Å². The highest BCUT2D eigenvalue weighted by atomic mass is 35.5. The fourth-order valence-electron chi connectivity index (χ4n) is 3.26. The summed E-state index contributed by atoms with van der Waals surface area (Å²) in [7, 11) is 0. The zero-order chi connectivity index (χ0) is 18.3. The molecular weight excluding hydrogens is 389 g/mol. The third kappa shape index (κ3) is 3.12. The lowest BCUT2D eigenvalue weighted by Gasteiger charge is -2.10. The van der Waals surface area contributed by atoms with E-state index in [1.165, 1.54) is 0 Å². The van der Waals surface area contributed by atoms with Gasteiger partial charge in [-0.1, -0.05) is 40.9 Å². The van der Waals surface area contributed by atoms with E-state index < -0.39 is 0 Å². The van der Waals surface area contributed by atoms with E-state index in [-0.39, 0.29) is 0 Å². The summed E-state index contributed by atoms with van der Waals surface area (Å²) in [6.45, 7) is 1.30. The molecule has 3 nitrogen and oxygen atoms in total. The summed E-state index contributed by atoms with van der Waals surface area (Å²) in [5, 5.41) is 7.43. The smallest absolute Gasteiger partial charge is 0.0612 e. The van der Waals surface area contributed by atoms with E-state index in [2.05, 4.69) is 22.0 Å². The van der Waals surface area contributed by atoms with Crippen molar-refractivity contribution in [2.24, 2.45) is 5.73 Å². The molecule has 132 valence electrons. The van der Waals surface area contributed by atoms with Gasteiger partial charge in [-0.2, -0.15) is 0 Å². The van der Waals surface area contributed by atoms with Gasteiger partial charge in [0.25, 0.3) is 0 Å². The van der Waals surface area contributed by atoms with Gasteiger partial charge in [-0.15, -0.1) is 0 Å². The lowest BCUT2D eigenvalue weighted by Crippen LogP contribution is -2.09. The molecule has 0 radical (unpaired) electrons. The lowest BCUT2D eigenvalue weighted by atomic mass is 10.1. The topological polar surface area (TPSA) is 43.0 Å². The molecule has 3 N–H and O–H groups in total. The first-order valence-electron chi connectivity index (χ1n) is 8.20. The number of hydrogen-bond donors (Lipinski definition) is 2. The van der Waals surface area contributed by atoms with Crippen LogP contribution in [-0.4, -0.2) is 11.1 Å². The second kappa shape index (κ2) is 7.01. The summed E-state index contributed by atoms with van der Waals surface area (Å²) >= 11 is 18.3. The zero-order valence-corrected chi connectivity index (χ0v) is 16.0. The standard InChI is InChI=1S/C20H16Cl3N3/c21-12-1-6-19-16(9-12)15-4-2-14(11-20(15)26(19)8-7-24)25-13-3-5-17(22)18(23)10-13/h1-6,9-11,25H,7-8,24H2. The number of anilines is 2. The van der Waals surface area contributed by atoms with Gasteiger partial charge in [0.15, 0.2) is 0 Å². The summed E-state index contributed by atoms with van der Waals surface area (Å²) in [4.78, 5) is 0. The molecule has 0 bridgehead atoms. The van der Waals surface area contributed by atoms with Gasteiger partial charge in [-0.25, -0.2) is 0 Å². The number of fused-ring (bicyclic) bond motifs is 3. The van der Waals surface area contributed by atoms with Crippen LogP contribution in [0, 0.1) is 0 Å². The van der Waals surface area contributed by atoms with Crippen LogP contribution in [0.2, 0.25) is 15.1 Å². The third-order valence-electron chi connectivity index (χ3n) is 4.39. The minimum absolute atomic E-state index is 0.518. The first kappa shape index (κ1) is 17.5. The Labute approximate surface area is 166 Å². The van der Waals surface area contributed by atoms with Gasteiger partial charge in [0.2, 0.25) is 0 Å². The van der Waals surface area contributed by atoms with Crippen LogP contribution in [0.3, 0.4) is 0 Å². The van der Waals surface area contributed by atoms with Crippen molar-refractivity contribution in [3.8, 4) is 0 Å². The molecule has 0 aliphatic rings. The van der Waals surface area contributed by atoms with Crippen LogP contribution in [0.25, 0.3) is 21.8 Å². The van der Waals surface area contributed by atoms with Crippen LogP contribution in [-0.2, 0) is 6.54 Å². The number of benzene rings is 3. The Hall–Kier alpha value is -1.91. The van der Waals surface area contributed by atoms with E-state index >= 15 is 0 Å². The highest BCUT2D eigenvalue weighted by molar-refractivity contribution is 6.42. The third-order valence-corrected chi connectivity index (χ3v) is 5.36. The minimum Gasteiger partial charge on any atom is -0.355 e. The number of nitrogens with two attached hydrogens (primary N) is 1. The molecule has 0 aliphatic heterocycles. The van der Waals surface area contributed by atoms with E-state index in [4.69, 9.17) is 40.5 Å². The Morgan fingerprint density at radius 1 is 0.769 bits per heavy atom. The van der Waals surface area contributed by atoms with Crippen molar-refractivity contribution in [2.45, 2.75) is 6.54 Å². The van der Waals surface area contributed by atoms with E-state index in [1.807, 2.05) is 36.4 Å². The molecule has 1 heterocycles. The Balaban J connectivity index is 1.84. The fourth-order valence-corrected chi connectivity index (χ4v) is 3.73. The molecule has 1 aromatic heterocycles. The Morgan fingerprint density at radius 2 is 1.54 bits per heavy atom. The zero-order valence-electron chi connectivity index (χ0n) is 13.8. The van der Waals surface area contributed by atoms with Gasteiger partial charge in [-0.3, -0.25) is 0 Å². The van der Waals surface area contributed by atoms with Crippen molar-refractivity contribution in [1.29, 1.82) is 0 Å². The molecule has 0 atom stereocenters. The van der Waals surface area contributed by atoms with E-state index in [1.54, 1.807) is 6.07 Å². The van der Waals surface area contributed by atoms with Crippen molar-refractivity contribution in [3.05, 3.63) is 69.7 Å². The Morgan fingerprint density at radius 3 is 2.31 bits per heavy atom. The average molecular weight is 405 g/mol. The second-order valence-electron chi connectivity index (χ2n) is 6.09. The van der Waals surface area contributed by atoms with Crippen molar-refractivity contribution >= 4 is 68.0 Å². The predicted octanol–water partition coefficient (Wildman–Crippen LogP) is 6.46. The van der Waals surface area contributed by atoms with Crippen LogP contribution >= 0.6 is 34.8 Å². The maximum Gasteiger partial charge on any atom is 0.0612 e. The van der Waals surface area contributed by atoms with Crippen LogP contribution in [0.15, 0.2) is 54.6 Å². The first-order chi connectivity index (χ1) is 12.6. The fraction of sp³-hybridized carbons (Fsp3) is 0.100. The molecule has 4 aromatic rings. The van der Waals surface area contributed by atoms with Crippen molar-refractivity contribution in [1.82, 2.24) is 4.57 Å². The molecule has 0 spiro atoms. The minimum atomic E-state index is 0.518. The van der Waals surface area contributed by atoms with Crippen LogP contribution in [0.1, 0.15) is 0 Å². The molecule has 0 saturated carbocycles. The average Bonchev–Trinajstić information content (AvgIpc) is 2.91. The molecule has 0 saturated heterocycles. The molecule has 0 unspecified atom stereocenters. The quantitative estimate of drug-likeness (QED) is 0.410.